The number of hydrogen-bond acceptors (Lipinski definition) is 3. The molecule has 19 heavy (non-hydrogen) atoms. The van der Waals surface area contributed by atoms with Crippen LogP contribution in [0.25, 0.3) is 0 Å². The minimum atomic E-state index is -0.822. The lowest BCUT2D eigenvalue weighted by Gasteiger charge is -2.16. The van der Waals surface area contributed by atoms with Gasteiger partial charge < -0.3 is 5.11 Å². The van der Waals surface area contributed by atoms with Crippen molar-refractivity contribution in [3.8, 4) is 0 Å². The van der Waals surface area contributed by atoms with E-state index < -0.39 is 5.97 Å². The van der Waals surface area contributed by atoms with Crippen LogP contribution in [0.3, 0.4) is 0 Å². The van der Waals surface area contributed by atoms with Crippen LogP contribution in [0.2, 0.25) is 0 Å². The van der Waals surface area contributed by atoms with Gasteiger partial charge in [-0.3, -0.25) is 14.4 Å². The zero-order valence-electron chi connectivity index (χ0n) is 11.2. The molecule has 1 aliphatic carbocycles. The number of aliphatic carboxylic acids is 1. The van der Waals surface area contributed by atoms with Crippen molar-refractivity contribution < 1.29 is 9.90 Å². The Balaban J connectivity index is 1.96. The normalized spacial score (nSPS) is 16.1. The molecule has 1 aromatic heterocycles. The molecule has 0 atom stereocenters. The second-order valence-electron chi connectivity index (χ2n) is 5.08. The van der Waals surface area contributed by atoms with Gasteiger partial charge in [-0.1, -0.05) is 18.9 Å². The van der Waals surface area contributed by atoms with E-state index in [9.17, 15) is 4.79 Å². The first-order chi connectivity index (χ1) is 9.19. The van der Waals surface area contributed by atoms with Crippen LogP contribution < -0.4 is 0 Å². The SMILES string of the molecule is C=CCN(CC(=O)O)Cc1ccn(C2CCCC2)n1. The monoisotopic (exact) mass is 263 g/mol. The number of carboxylic acids is 1. The molecule has 0 bridgehead atoms. The standard InChI is InChI=1S/C14H21N3O2/c1-2-8-16(11-14(18)19)10-12-7-9-17(15-12)13-5-3-4-6-13/h2,7,9,13H,1,3-6,8,10-11H2,(H,18,19). The van der Waals surface area contributed by atoms with Crippen molar-refractivity contribution in [2.45, 2.75) is 38.3 Å². The Morgan fingerprint density at radius 3 is 2.95 bits per heavy atom. The molecule has 104 valence electrons. The van der Waals surface area contributed by atoms with Gasteiger partial charge in [-0.05, 0) is 18.9 Å². The van der Waals surface area contributed by atoms with Crippen LogP contribution in [-0.4, -0.2) is 38.8 Å². The fourth-order valence-electron chi connectivity index (χ4n) is 2.62. The number of hydrogen-bond donors (Lipinski definition) is 1. The van der Waals surface area contributed by atoms with Crippen LogP contribution in [-0.2, 0) is 11.3 Å². The zero-order valence-corrected chi connectivity index (χ0v) is 11.2. The van der Waals surface area contributed by atoms with E-state index in [1.54, 1.807) is 6.08 Å². The predicted molar refractivity (Wildman–Crippen MR) is 72.8 cm³/mol. The first kappa shape index (κ1) is 13.8. The third kappa shape index (κ3) is 3.92. The number of carboxylic acid groups (broad SMARTS) is 1. The Morgan fingerprint density at radius 1 is 1.58 bits per heavy atom. The molecule has 0 aromatic carbocycles. The van der Waals surface area contributed by atoms with Crippen molar-refractivity contribution in [3.05, 3.63) is 30.6 Å². The number of aromatic nitrogens is 2. The van der Waals surface area contributed by atoms with E-state index in [-0.39, 0.29) is 6.54 Å². The van der Waals surface area contributed by atoms with Gasteiger partial charge >= 0.3 is 5.97 Å². The van der Waals surface area contributed by atoms with Crippen molar-refractivity contribution in [2.75, 3.05) is 13.1 Å². The third-order valence-electron chi connectivity index (χ3n) is 3.49. The summed E-state index contributed by atoms with van der Waals surface area (Å²) in [5.41, 5.74) is 0.926. The quantitative estimate of drug-likeness (QED) is 0.765. The molecular weight excluding hydrogens is 242 g/mol. The van der Waals surface area contributed by atoms with Gasteiger partial charge in [0, 0.05) is 19.3 Å². The third-order valence-corrected chi connectivity index (χ3v) is 3.49. The predicted octanol–water partition coefficient (Wildman–Crippen LogP) is 2.07. The summed E-state index contributed by atoms with van der Waals surface area (Å²) in [6.45, 7) is 4.79. The maximum atomic E-state index is 10.8. The molecule has 0 spiro atoms. The van der Waals surface area contributed by atoms with E-state index in [4.69, 9.17) is 5.11 Å². The fourth-order valence-corrected chi connectivity index (χ4v) is 2.62. The zero-order chi connectivity index (χ0) is 13.7. The Kier molecular flexibility index (Phi) is 4.74. The van der Waals surface area contributed by atoms with Crippen LogP contribution in [0.5, 0.6) is 0 Å². The maximum Gasteiger partial charge on any atom is 0.317 e. The van der Waals surface area contributed by atoms with Crippen LogP contribution in [0.15, 0.2) is 24.9 Å². The highest BCUT2D eigenvalue weighted by atomic mass is 16.4. The summed E-state index contributed by atoms with van der Waals surface area (Å²) >= 11 is 0. The van der Waals surface area contributed by atoms with E-state index >= 15 is 0 Å². The van der Waals surface area contributed by atoms with Gasteiger partial charge in [0.2, 0.25) is 0 Å². The summed E-state index contributed by atoms with van der Waals surface area (Å²) in [6.07, 6.45) is 8.69. The lowest BCUT2D eigenvalue weighted by molar-refractivity contribution is -0.138. The first-order valence-electron chi connectivity index (χ1n) is 6.78. The minimum absolute atomic E-state index is 0.0162. The molecule has 1 aliphatic rings. The summed E-state index contributed by atoms with van der Waals surface area (Å²) < 4.78 is 2.04. The molecule has 1 saturated carbocycles. The highest BCUT2D eigenvalue weighted by molar-refractivity contribution is 5.69. The van der Waals surface area contributed by atoms with Gasteiger partial charge in [0.15, 0.2) is 0 Å². The van der Waals surface area contributed by atoms with E-state index in [2.05, 4.69) is 11.7 Å². The molecule has 0 radical (unpaired) electrons. The average Bonchev–Trinajstić information content (AvgIpc) is 2.97. The lowest BCUT2D eigenvalue weighted by atomic mass is 10.3. The fraction of sp³-hybridized carbons (Fsp3) is 0.571. The average molecular weight is 263 g/mol. The summed E-state index contributed by atoms with van der Waals surface area (Å²) in [5, 5.41) is 13.4. The number of carbonyl (C=O) groups is 1. The van der Waals surface area contributed by atoms with Crippen LogP contribution >= 0.6 is 0 Å². The summed E-state index contributed by atoms with van der Waals surface area (Å²) in [7, 11) is 0. The molecule has 1 aromatic rings. The summed E-state index contributed by atoms with van der Waals surface area (Å²) in [6, 6.07) is 2.51. The van der Waals surface area contributed by atoms with Crippen LogP contribution in [0.4, 0.5) is 0 Å². The second-order valence-corrected chi connectivity index (χ2v) is 5.08. The van der Waals surface area contributed by atoms with Gasteiger partial charge in [0.05, 0.1) is 18.3 Å². The number of rotatable bonds is 7. The molecule has 0 unspecified atom stereocenters. The highest BCUT2D eigenvalue weighted by Gasteiger charge is 2.18. The van der Waals surface area contributed by atoms with Crippen LogP contribution in [0, 0.1) is 0 Å². The van der Waals surface area contributed by atoms with Gasteiger partial charge in [-0.2, -0.15) is 5.10 Å². The second kappa shape index (κ2) is 6.52. The van der Waals surface area contributed by atoms with Gasteiger partial charge in [0.1, 0.15) is 0 Å². The van der Waals surface area contributed by atoms with Crippen molar-refractivity contribution in [3.63, 3.8) is 0 Å². The Labute approximate surface area is 113 Å². The van der Waals surface area contributed by atoms with Gasteiger partial charge in [-0.15, -0.1) is 6.58 Å². The Bertz CT molecular complexity index is 436. The van der Waals surface area contributed by atoms with Crippen molar-refractivity contribution in [2.24, 2.45) is 0 Å². The molecule has 1 N–H and O–H groups in total. The largest absolute Gasteiger partial charge is 0.480 e. The molecule has 5 nitrogen and oxygen atoms in total. The molecule has 0 saturated heterocycles. The topological polar surface area (TPSA) is 58.4 Å². The van der Waals surface area contributed by atoms with Crippen molar-refractivity contribution in [1.82, 2.24) is 14.7 Å². The lowest BCUT2D eigenvalue weighted by Crippen LogP contribution is -2.29. The summed E-state index contributed by atoms with van der Waals surface area (Å²) in [4.78, 5) is 12.6. The van der Waals surface area contributed by atoms with E-state index in [0.29, 0.717) is 19.1 Å². The minimum Gasteiger partial charge on any atom is -0.480 e. The molecule has 5 heteroatoms. The summed E-state index contributed by atoms with van der Waals surface area (Å²) in [5.74, 6) is -0.822. The number of nitrogens with zero attached hydrogens (tertiary/aromatic N) is 3. The van der Waals surface area contributed by atoms with Crippen LogP contribution in [0.1, 0.15) is 37.4 Å². The molecule has 0 amide bonds. The molecule has 1 heterocycles. The smallest absolute Gasteiger partial charge is 0.317 e. The first-order valence-corrected chi connectivity index (χ1v) is 6.78. The van der Waals surface area contributed by atoms with Gasteiger partial charge in [0.25, 0.3) is 0 Å². The van der Waals surface area contributed by atoms with Gasteiger partial charge in [-0.25, -0.2) is 0 Å². The Hall–Kier alpha value is -1.62. The Morgan fingerprint density at radius 2 is 2.32 bits per heavy atom. The molecule has 2 rings (SSSR count). The van der Waals surface area contributed by atoms with E-state index in [1.807, 2.05) is 21.8 Å². The highest BCUT2D eigenvalue weighted by Crippen LogP contribution is 2.28. The van der Waals surface area contributed by atoms with Crippen molar-refractivity contribution in [1.29, 1.82) is 0 Å². The van der Waals surface area contributed by atoms with Crippen molar-refractivity contribution >= 4 is 5.97 Å². The molecular formula is C14H21N3O2. The van der Waals surface area contributed by atoms with E-state index in [1.165, 1.54) is 25.7 Å². The molecule has 0 aliphatic heterocycles. The molecule has 1 fully saturated rings. The maximum absolute atomic E-state index is 10.8. The van der Waals surface area contributed by atoms with E-state index in [0.717, 1.165) is 5.69 Å².